The number of nitrogens with one attached hydrogen (secondary N) is 2. The molecule has 0 saturated carbocycles. The first kappa shape index (κ1) is 29.0. The maximum Gasteiger partial charge on any atom is 0.264 e. The van der Waals surface area contributed by atoms with Gasteiger partial charge in [0.25, 0.3) is 20.0 Å². The van der Waals surface area contributed by atoms with Crippen molar-refractivity contribution >= 4 is 59.2 Å². The fourth-order valence-electron chi connectivity index (χ4n) is 3.50. The number of sulfonamides is 2. The van der Waals surface area contributed by atoms with E-state index in [1.807, 2.05) is 6.92 Å². The van der Waals surface area contributed by atoms with Crippen molar-refractivity contribution in [3.63, 3.8) is 0 Å². The number of nitrogens with zero attached hydrogens (tertiary/aromatic N) is 3. The van der Waals surface area contributed by atoms with Gasteiger partial charge in [-0.15, -0.1) is 0 Å². The van der Waals surface area contributed by atoms with E-state index >= 15 is 0 Å². The Bertz CT molecular complexity index is 1670. The minimum absolute atomic E-state index is 0.00170. The van der Waals surface area contributed by atoms with Crippen LogP contribution in [0.2, 0.25) is 0 Å². The van der Waals surface area contributed by atoms with E-state index in [4.69, 9.17) is 4.74 Å². The Kier molecular flexibility index (Phi) is 9.02. The van der Waals surface area contributed by atoms with Gasteiger partial charge in [-0.3, -0.25) is 9.10 Å². The number of halogens is 1. The Balaban J connectivity index is 1.54. The molecule has 0 spiro atoms. The predicted molar refractivity (Wildman–Crippen MR) is 154 cm³/mol. The molecule has 11 nitrogen and oxygen atoms in total. The molecule has 3 aromatic carbocycles. The van der Waals surface area contributed by atoms with Gasteiger partial charge in [-0.25, -0.2) is 31.5 Å². The number of carbonyl (C=O) groups is 1. The molecule has 0 radical (unpaired) electrons. The lowest BCUT2D eigenvalue weighted by molar-refractivity contribution is -0.114. The molecule has 0 fully saturated rings. The third kappa shape index (κ3) is 7.14. The molecule has 40 heavy (non-hydrogen) atoms. The zero-order valence-corrected chi connectivity index (χ0v) is 24.3. The van der Waals surface area contributed by atoms with Crippen LogP contribution in [0.15, 0.2) is 106 Å². The van der Waals surface area contributed by atoms with Crippen LogP contribution < -0.4 is 19.1 Å². The highest BCUT2D eigenvalue weighted by molar-refractivity contribution is 9.10. The van der Waals surface area contributed by atoms with Crippen LogP contribution in [0.3, 0.4) is 0 Å². The van der Waals surface area contributed by atoms with Crippen LogP contribution in [0.1, 0.15) is 6.92 Å². The van der Waals surface area contributed by atoms with Gasteiger partial charge in [0.05, 0.1) is 22.1 Å². The summed E-state index contributed by atoms with van der Waals surface area (Å²) in [5, 5.41) is 2.62. The van der Waals surface area contributed by atoms with Gasteiger partial charge in [0.1, 0.15) is 12.3 Å². The van der Waals surface area contributed by atoms with Crippen molar-refractivity contribution in [3.05, 3.63) is 95.7 Å². The lowest BCUT2D eigenvalue weighted by Gasteiger charge is -2.24. The number of benzene rings is 3. The molecule has 0 unspecified atom stereocenters. The van der Waals surface area contributed by atoms with Gasteiger partial charge in [-0.1, -0.05) is 15.9 Å². The first-order valence-corrected chi connectivity index (χ1v) is 15.5. The summed E-state index contributed by atoms with van der Waals surface area (Å²) >= 11 is 3.29. The first-order chi connectivity index (χ1) is 19.1. The van der Waals surface area contributed by atoms with Crippen LogP contribution in [-0.2, 0) is 24.8 Å². The summed E-state index contributed by atoms with van der Waals surface area (Å²) in [5.41, 5.74) is 0.532. The zero-order valence-electron chi connectivity index (χ0n) is 21.1. The van der Waals surface area contributed by atoms with E-state index in [0.29, 0.717) is 16.8 Å². The molecular formula is C26H24BrN5O6S2. The zero-order chi connectivity index (χ0) is 28.8. The Morgan fingerprint density at radius 1 is 0.875 bits per heavy atom. The molecule has 4 rings (SSSR count). The van der Waals surface area contributed by atoms with Crippen molar-refractivity contribution in [2.75, 3.05) is 27.5 Å². The van der Waals surface area contributed by atoms with Crippen molar-refractivity contribution in [1.82, 2.24) is 9.97 Å². The minimum atomic E-state index is -4.13. The average molecular weight is 647 g/mol. The third-order valence-corrected chi connectivity index (χ3v) is 9.03. The van der Waals surface area contributed by atoms with Crippen LogP contribution in [-0.4, -0.2) is 45.9 Å². The van der Waals surface area contributed by atoms with E-state index in [9.17, 15) is 21.6 Å². The van der Waals surface area contributed by atoms with Crippen LogP contribution in [0.5, 0.6) is 5.75 Å². The van der Waals surface area contributed by atoms with E-state index in [0.717, 1.165) is 4.31 Å². The summed E-state index contributed by atoms with van der Waals surface area (Å²) in [4.78, 5) is 20.6. The predicted octanol–water partition coefficient (Wildman–Crippen LogP) is 4.27. The molecule has 0 aliphatic rings. The highest BCUT2D eigenvalue weighted by atomic mass is 79.9. The Hall–Kier alpha value is -4.01. The molecule has 0 atom stereocenters. The second kappa shape index (κ2) is 12.4. The van der Waals surface area contributed by atoms with Crippen LogP contribution >= 0.6 is 15.9 Å². The Labute approximate surface area is 240 Å². The molecule has 1 aromatic heterocycles. The largest absolute Gasteiger partial charge is 0.494 e. The quantitative estimate of drug-likeness (QED) is 0.246. The minimum Gasteiger partial charge on any atom is -0.494 e. The average Bonchev–Trinajstić information content (AvgIpc) is 2.93. The van der Waals surface area contributed by atoms with Gasteiger partial charge in [0.15, 0.2) is 0 Å². The van der Waals surface area contributed by atoms with Crippen molar-refractivity contribution in [2.24, 2.45) is 0 Å². The van der Waals surface area contributed by atoms with Crippen LogP contribution in [0.4, 0.5) is 17.3 Å². The molecular weight excluding hydrogens is 622 g/mol. The topological polar surface area (TPSA) is 148 Å². The van der Waals surface area contributed by atoms with Gasteiger partial charge < -0.3 is 10.1 Å². The van der Waals surface area contributed by atoms with Crippen molar-refractivity contribution in [1.29, 1.82) is 0 Å². The molecule has 208 valence electrons. The summed E-state index contributed by atoms with van der Waals surface area (Å²) in [5.74, 6) is -0.165. The van der Waals surface area contributed by atoms with Crippen LogP contribution in [0, 0.1) is 0 Å². The number of rotatable bonds is 11. The fourth-order valence-corrected chi connectivity index (χ4v) is 6.15. The van der Waals surface area contributed by atoms with E-state index in [1.54, 1.807) is 42.5 Å². The molecule has 0 bridgehead atoms. The highest BCUT2D eigenvalue weighted by Gasteiger charge is 2.27. The van der Waals surface area contributed by atoms with Gasteiger partial charge in [0.2, 0.25) is 11.9 Å². The molecule has 0 aliphatic carbocycles. The standard InChI is InChI=1S/C26H24BrN5O6S2/c1-2-38-22-10-8-21(9-11-22)32(40(36,37)24-12-4-19(27)5-13-24)18-25(33)30-20-6-14-23(15-7-20)39(34,35)31-26-28-16-3-17-29-26/h3-17H,2,18H2,1H3,(H,30,33)(H,28,29,31). The summed E-state index contributed by atoms with van der Waals surface area (Å²) < 4.78 is 61.7. The molecule has 1 amide bonds. The smallest absolute Gasteiger partial charge is 0.264 e. The number of carbonyl (C=O) groups excluding carboxylic acids is 1. The van der Waals surface area contributed by atoms with Crippen molar-refractivity contribution in [3.8, 4) is 5.75 Å². The van der Waals surface area contributed by atoms with E-state index in [2.05, 4.69) is 35.9 Å². The SMILES string of the molecule is CCOc1ccc(N(CC(=O)Nc2ccc(S(=O)(=O)Nc3ncccn3)cc2)S(=O)(=O)c2ccc(Br)cc2)cc1. The monoisotopic (exact) mass is 645 g/mol. The first-order valence-electron chi connectivity index (χ1n) is 11.8. The number of hydrogen-bond donors (Lipinski definition) is 2. The van der Waals surface area contributed by atoms with Crippen LogP contribution in [0.25, 0.3) is 0 Å². The van der Waals surface area contributed by atoms with Gasteiger partial charge in [-0.2, -0.15) is 0 Å². The Morgan fingerprint density at radius 2 is 1.48 bits per heavy atom. The molecule has 0 aliphatic heterocycles. The van der Waals surface area contributed by atoms with Crippen molar-refractivity contribution in [2.45, 2.75) is 16.7 Å². The fraction of sp³-hybridized carbons (Fsp3) is 0.115. The molecule has 1 heterocycles. The number of anilines is 3. The Morgan fingerprint density at radius 3 is 2.08 bits per heavy atom. The maximum absolute atomic E-state index is 13.6. The molecule has 0 saturated heterocycles. The van der Waals surface area contributed by atoms with Gasteiger partial charge >= 0.3 is 0 Å². The number of amides is 1. The summed E-state index contributed by atoms with van der Waals surface area (Å²) in [6, 6.07) is 19.3. The lowest BCUT2D eigenvalue weighted by Crippen LogP contribution is -2.38. The number of hydrogen-bond acceptors (Lipinski definition) is 8. The van der Waals surface area contributed by atoms with Crippen molar-refractivity contribution < 1.29 is 26.4 Å². The van der Waals surface area contributed by atoms with Gasteiger partial charge in [-0.05, 0) is 85.8 Å². The van der Waals surface area contributed by atoms with E-state index < -0.39 is 32.5 Å². The number of ether oxygens (including phenoxy) is 1. The maximum atomic E-state index is 13.6. The molecule has 4 aromatic rings. The lowest BCUT2D eigenvalue weighted by atomic mass is 10.3. The summed E-state index contributed by atoms with van der Waals surface area (Å²) in [7, 11) is -8.09. The highest BCUT2D eigenvalue weighted by Crippen LogP contribution is 2.27. The second-order valence-corrected chi connectivity index (χ2v) is 12.6. The molecule has 14 heteroatoms. The summed E-state index contributed by atoms with van der Waals surface area (Å²) in [6.07, 6.45) is 2.80. The summed E-state index contributed by atoms with van der Waals surface area (Å²) in [6.45, 7) is 1.73. The second-order valence-electron chi connectivity index (χ2n) is 8.14. The van der Waals surface area contributed by atoms with E-state index in [1.165, 1.54) is 48.8 Å². The van der Waals surface area contributed by atoms with E-state index in [-0.39, 0.29) is 27.1 Å². The molecule has 2 N–H and O–H groups in total. The normalized spacial score (nSPS) is 11.4. The number of aromatic nitrogens is 2. The van der Waals surface area contributed by atoms with Gasteiger partial charge in [0, 0.05) is 22.6 Å². The third-order valence-electron chi connectivity index (χ3n) is 5.36.